The first kappa shape index (κ1) is 19.4. The number of carbonyl (C=O) groups excluding carboxylic acids is 1. The van der Waals surface area contributed by atoms with Crippen LogP contribution < -0.4 is 0 Å². The molecule has 0 aliphatic carbocycles. The summed E-state index contributed by atoms with van der Waals surface area (Å²) in [6, 6.07) is 16.0. The molecule has 3 heterocycles. The molecule has 156 valence electrons. The van der Waals surface area contributed by atoms with Crippen molar-refractivity contribution in [2.75, 3.05) is 13.1 Å². The lowest BCUT2D eigenvalue weighted by Gasteiger charge is -2.30. The van der Waals surface area contributed by atoms with Gasteiger partial charge in [-0.25, -0.2) is 4.39 Å². The monoisotopic (exact) mass is 416 g/mol. The van der Waals surface area contributed by atoms with Gasteiger partial charge >= 0.3 is 0 Å². The highest BCUT2D eigenvalue weighted by atomic mass is 19.1. The van der Waals surface area contributed by atoms with Crippen molar-refractivity contribution in [3.8, 4) is 11.6 Å². The number of pyridine rings is 1. The number of nitrogens with zero attached hydrogens (tertiary/aromatic N) is 4. The molecular formula is C24H21FN4O2. The molecule has 5 rings (SSSR count). The van der Waals surface area contributed by atoms with Crippen molar-refractivity contribution in [1.29, 1.82) is 0 Å². The summed E-state index contributed by atoms with van der Waals surface area (Å²) >= 11 is 0. The van der Waals surface area contributed by atoms with Crippen molar-refractivity contribution < 1.29 is 13.6 Å². The number of likely N-dealkylation sites (tertiary alicyclic amines) is 1. The fourth-order valence-corrected chi connectivity index (χ4v) is 4.05. The van der Waals surface area contributed by atoms with E-state index in [0.717, 1.165) is 29.2 Å². The molecule has 0 saturated carbocycles. The van der Waals surface area contributed by atoms with Gasteiger partial charge in [0.2, 0.25) is 11.8 Å². The average molecular weight is 416 g/mol. The van der Waals surface area contributed by atoms with Crippen LogP contribution in [0.4, 0.5) is 4.39 Å². The minimum absolute atomic E-state index is 0.0521. The number of aromatic nitrogens is 3. The number of amides is 1. The van der Waals surface area contributed by atoms with Gasteiger partial charge in [0.1, 0.15) is 11.5 Å². The largest absolute Gasteiger partial charge is 0.419 e. The van der Waals surface area contributed by atoms with Gasteiger partial charge < -0.3 is 9.32 Å². The highest BCUT2D eigenvalue weighted by Gasteiger charge is 2.28. The van der Waals surface area contributed by atoms with Crippen molar-refractivity contribution in [3.05, 3.63) is 78.1 Å². The first-order valence-electron chi connectivity index (χ1n) is 10.4. The summed E-state index contributed by atoms with van der Waals surface area (Å²) in [5.74, 6) is 0.883. The average Bonchev–Trinajstić information content (AvgIpc) is 3.30. The maximum atomic E-state index is 13.1. The highest BCUT2D eigenvalue weighted by Crippen LogP contribution is 2.31. The van der Waals surface area contributed by atoms with Gasteiger partial charge in [0.25, 0.3) is 5.89 Å². The molecule has 1 aliphatic heterocycles. The zero-order chi connectivity index (χ0) is 21.2. The molecule has 1 saturated heterocycles. The van der Waals surface area contributed by atoms with Gasteiger partial charge in [0.15, 0.2) is 0 Å². The maximum absolute atomic E-state index is 13.1. The number of hydrogen-bond acceptors (Lipinski definition) is 5. The second kappa shape index (κ2) is 8.26. The molecule has 1 amide bonds. The van der Waals surface area contributed by atoms with E-state index in [9.17, 15) is 9.18 Å². The Kier molecular flexibility index (Phi) is 5.16. The Hall–Kier alpha value is -3.61. The number of piperidine rings is 1. The van der Waals surface area contributed by atoms with Crippen molar-refractivity contribution in [3.63, 3.8) is 0 Å². The normalized spacial score (nSPS) is 14.8. The summed E-state index contributed by atoms with van der Waals surface area (Å²) in [5.41, 5.74) is 1.50. The molecule has 0 spiro atoms. The van der Waals surface area contributed by atoms with E-state index in [1.54, 1.807) is 18.3 Å². The van der Waals surface area contributed by atoms with E-state index >= 15 is 0 Å². The number of rotatable bonds is 4. The van der Waals surface area contributed by atoms with Gasteiger partial charge in [0, 0.05) is 30.6 Å². The van der Waals surface area contributed by atoms with Crippen molar-refractivity contribution in [2.24, 2.45) is 0 Å². The van der Waals surface area contributed by atoms with E-state index in [1.807, 2.05) is 35.2 Å². The molecule has 0 radical (unpaired) electrons. The second-order valence-electron chi connectivity index (χ2n) is 7.78. The van der Waals surface area contributed by atoms with Gasteiger partial charge in [-0.2, -0.15) is 0 Å². The molecule has 4 aromatic rings. The molecule has 0 atom stereocenters. The van der Waals surface area contributed by atoms with Crippen molar-refractivity contribution >= 4 is 16.7 Å². The fourth-order valence-electron chi connectivity index (χ4n) is 4.05. The molecule has 6 nitrogen and oxygen atoms in total. The molecule has 1 fully saturated rings. The first-order valence-corrected chi connectivity index (χ1v) is 10.4. The number of hydrogen-bond donors (Lipinski definition) is 0. The molecular weight excluding hydrogens is 395 g/mol. The van der Waals surface area contributed by atoms with Crippen LogP contribution in [0.2, 0.25) is 0 Å². The Labute approximate surface area is 178 Å². The lowest BCUT2D eigenvalue weighted by Crippen LogP contribution is -2.38. The summed E-state index contributed by atoms with van der Waals surface area (Å²) in [7, 11) is 0. The minimum atomic E-state index is -0.297. The van der Waals surface area contributed by atoms with Crippen LogP contribution in [-0.2, 0) is 11.2 Å². The van der Waals surface area contributed by atoms with Crippen molar-refractivity contribution in [1.82, 2.24) is 20.1 Å². The van der Waals surface area contributed by atoms with E-state index in [4.69, 9.17) is 4.42 Å². The predicted molar refractivity (Wildman–Crippen MR) is 114 cm³/mol. The van der Waals surface area contributed by atoms with Gasteiger partial charge in [-0.1, -0.05) is 36.4 Å². The molecule has 0 bridgehead atoms. The smallest absolute Gasteiger partial charge is 0.266 e. The van der Waals surface area contributed by atoms with Crippen LogP contribution in [0.5, 0.6) is 0 Å². The van der Waals surface area contributed by atoms with Crippen LogP contribution in [0.1, 0.15) is 30.2 Å². The van der Waals surface area contributed by atoms with E-state index in [-0.39, 0.29) is 24.1 Å². The van der Waals surface area contributed by atoms with Crippen LogP contribution in [0.25, 0.3) is 22.4 Å². The maximum Gasteiger partial charge on any atom is 0.266 e. The van der Waals surface area contributed by atoms with E-state index in [2.05, 4.69) is 15.2 Å². The number of carbonyl (C=O) groups is 1. The summed E-state index contributed by atoms with van der Waals surface area (Å²) in [5, 5.41) is 10.6. The third-order valence-corrected chi connectivity index (χ3v) is 5.78. The molecule has 2 aromatic heterocycles. The molecule has 1 aliphatic rings. The first-order chi connectivity index (χ1) is 15.2. The third-order valence-electron chi connectivity index (χ3n) is 5.78. The van der Waals surface area contributed by atoms with E-state index in [1.165, 1.54) is 12.1 Å². The summed E-state index contributed by atoms with van der Waals surface area (Å²) in [4.78, 5) is 18.9. The van der Waals surface area contributed by atoms with Crippen LogP contribution >= 0.6 is 0 Å². The van der Waals surface area contributed by atoms with Gasteiger partial charge in [-0.3, -0.25) is 9.78 Å². The summed E-state index contributed by atoms with van der Waals surface area (Å²) in [6.07, 6.45) is 3.55. The predicted octanol–water partition coefficient (Wildman–Crippen LogP) is 4.37. The number of halogens is 1. The SMILES string of the molecule is O=C(Cc1ccc(F)cc1)N1CCC(c2nnc(-c3nccc4ccccc34)o2)CC1. The van der Waals surface area contributed by atoms with Crippen LogP contribution in [0, 0.1) is 5.82 Å². The summed E-state index contributed by atoms with van der Waals surface area (Å²) in [6.45, 7) is 1.27. The lowest BCUT2D eigenvalue weighted by molar-refractivity contribution is -0.131. The fraction of sp³-hybridized carbons (Fsp3) is 0.250. The molecule has 2 aromatic carbocycles. The quantitative estimate of drug-likeness (QED) is 0.494. The molecule has 0 N–H and O–H groups in total. The third kappa shape index (κ3) is 4.03. The molecule has 0 unspecified atom stereocenters. The second-order valence-corrected chi connectivity index (χ2v) is 7.78. The minimum Gasteiger partial charge on any atom is -0.419 e. The number of benzene rings is 2. The zero-order valence-corrected chi connectivity index (χ0v) is 16.9. The van der Waals surface area contributed by atoms with Crippen LogP contribution in [-0.4, -0.2) is 39.1 Å². The van der Waals surface area contributed by atoms with Crippen molar-refractivity contribution in [2.45, 2.75) is 25.2 Å². The Morgan fingerprint density at radius 1 is 1.03 bits per heavy atom. The zero-order valence-electron chi connectivity index (χ0n) is 16.9. The van der Waals surface area contributed by atoms with E-state index in [0.29, 0.717) is 30.6 Å². The Bertz CT molecular complexity index is 1210. The Balaban J connectivity index is 1.25. The molecule has 7 heteroatoms. The van der Waals surface area contributed by atoms with Crippen LogP contribution in [0.3, 0.4) is 0 Å². The Morgan fingerprint density at radius 3 is 2.61 bits per heavy atom. The highest BCUT2D eigenvalue weighted by molar-refractivity contribution is 5.92. The van der Waals surface area contributed by atoms with Gasteiger partial charge in [-0.05, 0) is 42.0 Å². The standard InChI is InChI=1S/C24H21FN4O2/c25-19-7-5-16(6-8-19)15-21(30)29-13-10-18(11-14-29)23-27-28-24(31-23)22-20-4-2-1-3-17(20)9-12-26-22/h1-9,12,18H,10-11,13-15H2. The Morgan fingerprint density at radius 2 is 1.81 bits per heavy atom. The van der Waals surface area contributed by atoms with Crippen LogP contribution in [0.15, 0.2) is 65.2 Å². The molecule has 31 heavy (non-hydrogen) atoms. The number of fused-ring (bicyclic) bond motifs is 1. The lowest BCUT2D eigenvalue weighted by atomic mass is 9.96. The topological polar surface area (TPSA) is 72.1 Å². The van der Waals surface area contributed by atoms with E-state index < -0.39 is 0 Å². The summed E-state index contributed by atoms with van der Waals surface area (Å²) < 4.78 is 19.0. The van der Waals surface area contributed by atoms with Gasteiger partial charge in [-0.15, -0.1) is 10.2 Å². The van der Waals surface area contributed by atoms with Gasteiger partial charge in [0.05, 0.1) is 6.42 Å².